The van der Waals surface area contributed by atoms with Crippen LogP contribution in [0.3, 0.4) is 0 Å². The Morgan fingerprint density at radius 1 is 1.09 bits per heavy atom. The van der Waals surface area contributed by atoms with Crippen LogP contribution in [-0.2, 0) is 0 Å². The normalized spacial score (nSPS) is 22.9. The van der Waals surface area contributed by atoms with E-state index in [1.165, 1.54) is 26.2 Å². The molecule has 0 aliphatic carbocycles. The Morgan fingerprint density at radius 3 is 2.09 bits per heavy atom. The summed E-state index contributed by atoms with van der Waals surface area (Å²) in [7, 11) is 6.35. The zero-order chi connectivity index (χ0) is 8.27. The topological polar surface area (TPSA) is 9.72 Å². The molecule has 1 aliphatic heterocycles. The van der Waals surface area contributed by atoms with E-state index in [-0.39, 0.29) is 0 Å². The molecule has 1 fully saturated rings. The number of hydrogen-bond donors (Lipinski definition) is 0. The summed E-state index contributed by atoms with van der Waals surface area (Å²) in [5.41, 5.74) is 0. The lowest BCUT2D eigenvalue weighted by Crippen LogP contribution is -2.42. The maximum absolute atomic E-state index is 2.40. The Morgan fingerprint density at radius 2 is 1.64 bits per heavy atom. The monoisotopic (exact) mass is 175 g/mol. The molecule has 0 saturated carbocycles. The first-order chi connectivity index (χ1) is 5.18. The molecule has 0 spiro atoms. The van der Waals surface area contributed by atoms with E-state index in [1.54, 1.807) is 0 Å². The highest BCUT2D eigenvalue weighted by Gasteiger charge is 2.14. The van der Waals surface area contributed by atoms with Gasteiger partial charge in [0.15, 0.2) is 0 Å². The van der Waals surface area contributed by atoms with Gasteiger partial charge < -0.3 is 4.90 Å². The molecule has 0 bridgehead atoms. The minimum absolute atomic E-state index is 1.18. The van der Waals surface area contributed by atoms with Crippen LogP contribution < -0.4 is 0 Å². The van der Waals surface area contributed by atoms with E-state index >= 15 is 0 Å². The minimum atomic E-state index is 1.18. The molecule has 0 radical (unpaired) electrons. The van der Waals surface area contributed by atoms with Crippen LogP contribution in [0.2, 0.25) is 0 Å². The van der Waals surface area contributed by atoms with Crippen molar-refractivity contribution >= 4 is 12.1 Å². The predicted octanol–water partition coefficient (Wildman–Crippen LogP) is 0.359. The highest BCUT2D eigenvalue weighted by molar-refractivity contribution is 7.94. The Labute approximate surface area is 73.6 Å². The van der Waals surface area contributed by atoms with E-state index in [1.807, 2.05) is 12.1 Å². The lowest BCUT2D eigenvalue weighted by molar-refractivity contribution is 0.230. The third-order valence-electron chi connectivity index (χ3n) is 1.74. The first-order valence-electron chi connectivity index (χ1n) is 3.97. The summed E-state index contributed by atoms with van der Waals surface area (Å²) in [5, 5.41) is 0. The number of nitrogens with zero attached hydrogens (tertiary/aromatic N) is 3. The summed E-state index contributed by atoms with van der Waals surface area (Å²) in [6.07, 6.45) is 0. The predicted molar refractivity (Wildman–Crippen MR) is 50.3 cm³/mol. The molecule has 0 unspecified atom stereocenters. The van der Waals surface area contributed by atoms with Crippen LogP contribution in [0.4, 0.5) is 0 Å². The van der Waals surface area contributed by atoms with Crippen molar-refractivity contribution in [2.45, 2.75) is 0 Å². The van der Waals surface area contributed by atoms with Gasteiger partial charge in [0.05, 0.1) is 0 Å². The van der Waals surface area contributed by atoms with Crippen LogP contribution in [0.1, 0.15) is 0 Å². The molecule has 1 rings (SSSR count). The van der Waals surface area contributed by atoms with Gasteiger partial charge in [-0.15, -0.1) is 0 Å². The summed E-state index contributed by atoms with van der Waals surface area (Å²) in [5.74, 6) is 0. The smallest absolute Gasteiger partial charge is 0.0230 e. The fraction of sp³-hybridized carbons (Fsp3) is 1.00. The van der Waals surface area contributed by atoms with Crippen LogP contribution in [0.15, 0.2) is 0 Å². The molecule has 0 aromatic rings. The molecule has 0 amide bonds. The minimum Gasteiger partial charge on any atom is -0.304 e. The Kier molecular flexibility index (Phi) is 3.65. The van der Waals surface area contributed by atoms with Crippen molar-refractivity contribution in [2.24, 2.45) is 0 Å². The number of rotatable bonds is 2. The molecule has 4 heteroatoms. The van der Waals surface area contributed by atoms with Crippen LogP contribution in [0.5, 0.6) is 0 Å². The van der Waals surface area contributed by atoms with Gasteiger partial charge in [-0.3, -0.25) is 0 Å². The fourth-order valence-electron chi connectivity index (χ4n) is 1.10. The molecule has 1 aliphatic rings. The highest BCUT2D eigenvalue weighted by atomic mass is 32.2. The zero-order valence-electron chi connectivity index (χ0n) is 7.58. The van der Waals surface area contributed by atoms with Crippen molar-refractivity contribution in [1.29, 1.82) is 0 Å². The van der Waals surface area contributed by atoms with E-state index in [0.29, 0.717) is 0 Å². The second-order valence-electron chi connectivity index (χ2n) is 3.13. The molecule has 3 nitrogen and oxygen atoms in total. The molecular weight excluding hydrogens is 158 g/mol. The fourth-order valence-corrected chi connectivity index (χ4v) is 1.89. The molecule has 0 aromatic heterocycles. The molecule has 11 heavy (non-hydrogen) atoms. The van der Waals surface area contributed by atoms with Crippen LogP contribution in [-0.4, -0.2) is 60.8 Å². The quantitative estimate of drug-likeness (QED) is 0.560. The molecule has 66 valence electrons. The van der Waals surface area contributed by atoms with Gasteiger partial charge >= 0.3 is 0 Å². The van der Waals surface area contributed by atoms with E-state index < -0.39 is 0 Å². The lowest BCUT2D eigenvalue weighted by Gasteiger charge is -2.32. The van der Waals surface area contributed by atoms with Gasteiger partial charge in [0.1, 0.15) is 0 Å². The van der Waals surface area contributed by atoms with E-state index in [9.17, 15) is 0 Å². The van der Waals surface area contributed by atoms with Crippen LogP contribution in [0.25, 0.3) is 0 Å². The summed E-state index contributed by atoms with van der Waals surface area (Å²) in [4.78, 5) is 2.37. The molecule has 1 saturated heterocycles. The number of likely N-dealkylation sites (N-methyl/N-ethyl adjacent to an activating group) is 1. The van der Waals surface area contributed by atoms with Crippen molar-refractivity contribution in [3.05, 3.63) is 0 Å². The van der Waals surface area contributed by atoms with Crippen molar-refractivity contribution < 1.29 is 0 Å². The Hall–Kier alpha value is 0.230. The zero-order valence-corrected chi connectivity index (χ0v) is 8.39. The van der Waals surface area contributed by atoms with Gasteiger partial charge in [-0.1, -0.05) is 0 Å². The molecule has 1 heterocycles. The van der Waals surface area contributed by atoms with Crippen molar-refractivity contribution in [3.8, 4) is 0 Å². The van der Waals surface area contributed by atoms with Crippen molar-refractivity contribution in [2.75, 3.05) is 47.3 Å². The maximum atomic E-state index is 2.40. The average molecular weight is 175 g/mol. The number of hydrogen-bond acceptors (Lipinski definition) is 4. The van der Waals surface area contributed by atoms with Crippen LogP contribution >= 0.6 is 12.1 Å². The van der Waals surface area contributed by atoms with E-state index in [0.717, 1.165) is 0 Å². The average Bonchev–Trinajstić information content (AvgIpc) is 1.93. The SMILES string of the molecule is CN1CCN(SN(C)C)CC1. The van der Waals surface area contributed by atoms with Crippen molar-refractivity contribution in [1.82, 2.24) is 13.5 Å². The summed E-state index contributed by atoms with van der Waals surface area (Å²) in [6.45, 7) is 4.75. The van der Waals surface area contributed by atoms with Gasteiger partial charge in [-0.2, -0.15) is 0 Å². The van der Waals surface area contributed by atoms with Crippen LogP contribution in [0, 0.1) is 0 Å². The second-order valence-corrected chi connectivity index (χ2v) is 4.54. The lowest BCUT2D eigenvalue weighted by atomic mass is 10.4. The van der Waals surface area contributed by atoms with Gasteiger partial charge in [0.2, 0.25) is 0 Å². The standard InChI is InChI=1S/C7H17N3S/c1-8(2)11-10-6-4-9(3)5-7-10/h4-7H2,1-3H3. The third kappa shape index (κ3) is 3.42. The van der Waals surface area contributed by atoms with Crippen molar-refractivity contribution in [3.63, 3.8) is 0 Å². The van der Waals surface area contributed by atoms with Gasteiger partial charge in [-0.25, -0.2) is 8.61 Å². The first kappa shape index (κ1) is 9.32. The largest absolute Gasteiger partial charge is 0.304 e. The molecule has 0 N–H and O–H groups in total. The number of piperazine rings is 1. The van der Waals surface area contributed by atoms with E-state index in [4.69, 9.17) is 0 Å². The molecule has 0 aromatic carbocycles. The maximum Gasteiger partial charge on any atom is 0.0230 e. The first-order valence-corrected chi connectivity index (χ1v) is 4.70. The Bertz CT molecular complexity index is 110. The summed E-state index contributed by atoms with van der Waals surface area (Å²) >= 11 is 1.82. The summed E-state index contributed by atoms with van der Waals surface area (Å²) in [6, 6.07) is 0. The van der Waals surface area contributed by atoms with Gasteiger partial charge in [-0.05, 0) is 21.1 Å². The third-order valence-corrected chi connectivity index (χ3v) is 2.66. The second kappa shape index (κ2) is 4.30. The Balaban J connectivity index is 2.17. The van der Waals surface area contributed by atoms with Gasteiger partial charge in [0, 0.05) is 38.3 Å². The highest BCUT2D eigenvalue weighted by Crippen LogP contribution is 2.13. The van der Waals surface area contributed by atoms with E-state index in [2.05, 4.69) is 34.7 Å². The molecular formula is C7H17N3S. The summed E-state index contributed by atoms with van der Waals surface area (Å²) < 4.78 is 4.55. The molecule has 0 atom stereocenters. The van der Waals surface area contributed by atoms with Gasteiger partial charge in [0.25, 0.3) is 0 Å².